The summed E-state index contributed by atoms with van der Waals surface area (Å²) < 4.78 is 50.7. The second-order valence-corrected chi connectivity index (χ2v) is 10.6. The minimum absolute atomic E-state index is 0.0151. The summed E-state index contributed by atoms with van der Waals surface area (Å²) in [6.07, 6.45) is 2.57. The van der Waals surface area contributed by atoms with Crippen molar-refractivity contribution in [2.45, 2.75) is 49.4 Å². The molecular weight excluding hydrogens is 507 g/mol. The van der Waals surface area contributed by atoms with Gasteiger partial charge in [0.1, 0.15) is 23.2 Å². The van der Waals surface area contributed by atoms with Crippen molar-refractivity contribution in [3.63, 3.8) is 0 Å². The van der Waals surface area contributed by atoms with Crippen LogP contribution in [0.5, 0.6) is 5.75 Å². The number of ether oxygens (including phenoxy) is 1. The third-order valence-electron chi connectivity index (χ3n) is 7.26. The Balaban J connectivity index is 1.64. The number of aromatic nitrogens is 2. The first-order valence-electron chi connectivity index (χ1n) is 12.3. The number of benzene rings is 3. The smallest absolute Gasteiger partial charge is 0.173 e. The molecule has 0 amide bonds. The van der Waals surface area contributed by atoms with Gasteiger partial charge in [-0.05, 0) is 86.7 Å². The number of fused-ring (bicyclic) bond motifs is 1. The molecule has 0 spiro atoms. The van der Waals surface area contributed by atoms with Gasteiger partial charge < -0.3 is 4.74 Å². The summed E-state index contributed by atoms with van der Waals surface area (Å²) >= 11 is 1.21. The molecule has 1 unspecified atom stereocenters. The Morgan fingerprint density at radius 1 is 1.08 bits per heavy atom. The summed E-state index contributed by atoms with van der Waals surface area (Å²) in [5.74, 6) is -1.09. The second-order valence-electron chi connectivity index (χ2n) is 9.69. The second kappa shape index (κ2) is 10.2. The van der Waals surface area contributed by atoms with Crippen molar-refractivity contribution in [1.29, 1.82) is 5.26 Å². The Morgan fingerprint density at radius 2 is 1.79 bits per heavy atom. The highest BCUT2D eigenvalue weighted by molar-refractivity contribution is 7.98. The van der Waals surface area contributed by atoms with Crippen LogP contribution in [0, 0.1) is 35.7 Å². The highest BCUT2D eigenvalue weighted by Crippen LogP contribution is 2.46. The number of imidazole rings is 1. The maximum atomic E-state index is 14.7. The fourth-order valence-corrected chi connectivity index (χ4v) is 6.33. The molecule has 3 aromatic carbocycles. The summed E-state index contributed by atoms with van der Waals surface area (Å²) in [7, 11) is 1.65. The van der Waals surface area contributed by atoms with Crippen molar-refractivity contribution in [2.24, 2.45) is 0 Å². The Bertz CT molecular complexity index is 1540. The van der Waals surface area contributed by atoms with Crippen LogP contribution in [0.3, 0.4) is 0 Å². The van der Waals surface area contributed by atoms with E-state index in [1.165, 1.54) is 23.9 Å². The predicted molar refractivity (Wildman–Crippen MR) is 141 cm³/mol. The number of rotatable bonds is 6. The summed E-state index contributed by atoms with van der Waals surface area (Å²) in [4.78, 5) is 4.95. The number of nitriles is 1. The van der Waals surface area contributed by atoms with Gasteiger partial charge in [-0.1, -0.05) is 23.9 Å². The van der Waals surface area contributed by atoms with Gasteiger partial charge in [0.2, 0.25) is 0 Å². The van der Waals surface area contributed by atoms with Gasteiger partial charge in [-0.2, -0.15) is 5.26 Å². The maximum absolute atomic E-state index is 14.7. The number of halogens is 3. The standard InChI is InChI=1S/C30H26F3N3OS/c1-18-13-20(6-11-27(18)37-3)30(2)12-4-5-26-28(30)36(22-9-7-21(31)8-10-22)29(35-26)38-17-23-24(32)14-19(16-34)15-25(23)33/h6-11,13-15H,4-5,12,17H2,1-3H3. The molecule has 38 heavy (non-hydrogen) atoms. The lowest BCUT2D eigenvalue weighted by Gasteiger charge is -2.36. The lowest BCUT2D eigenvalue weighted by Crippen LogP contribution is -2.31. The SMILES string of the molecule is COc1ccc(C2(C)CCCc3nc(SCc4c(F)cc(C#N)cc4F)n(-c4ccc(F)cc4)c32)cc1C. The fraction of sp³-hybridized carbons (Fsp3) is 0.267. The van der Waals surface area contributed by atoms with Crippen LogP contribution >= 0.6 is 11.8 Å². The largest absolute Gasteiger partial charge is 0.496 e. The molecule has 0 aliphatic heterocycles. The zero-order chi connectivity index (χ0) is 27.0. The van der Waals surface area contributed by atoms with Crippen molar-refractivity contribution < 1.29 is 17.9 Å². The zero-order valence-electron chi connectivity index (χ0n) is 21.3. The average molecular weight is 534 g/mol. The summed E-state index contributed by atoms with van der Waals surface area (Å²) in [5.41, 5.74) is 4.17. The number of aryl methyl sites for hydroxylation is 2. The van der Waals surface area contributed by atoms with E-state index >= 15 is 0 Å². The monoisotopic (exact) mass is 533 g/mol. The highest BCUT2D eigenvalue weighted by Gasteiger charge is 2.39. The van der Waals surface area contributed by atoms with E-state index in [9.17, 15) is 13.2 Å². The molecule has 4 nitrogen and oxygen atoms in total. The van der Waals surface area contributed by atoms with Gasteiger partial charge in [-0.15, -0.1) is 0 Å². The van der Waals surface area contributed by atoms with Crippen LogP contribution in [0.1, 0.15) is 53.4 Å². The third-order valence-corrected chi connectivity index (χ3v) is 8.23. The molecule has 0 N–H and O–H groups in total. The Labute approximate surface area is 224 Å². The van der Waals surface area contributed by atoms with Gasteiger partial charge in [0.15, 0.2) is 5.16 Å². The van der Waals surface area contributed by atoms with E-state index in [0.29, 0.717) is 5.16 Å². The van der Waals surface area contributed by atoms with Crippen LogP contribution in [-0.4, -0.2) is 16.7 Å². The maximum Gasteiger partial charge on any atom is 0.173 e. The molecule has 8 heteroatoms. The van der Waals surface area contributed by atoms with E-state index in [1.807, 2.05) is 17.6 Å². The Morgan fingerprint density at radius 3 is 2.42 bits per heavy atom. The van der Waals surface area contributed by atoms with Crippen molar-refractivity contribution in [3.05, 3.63) is 106 Å². The van der Waals surface area contributed by atoms with Crippen molar-refractivity contribution in [3.8, 4) is 17.5 Å². The van der Waals surface area contributed by atoms with E-state index in [0.717, 1.165) is 65.3 Å². The van der Waals surface area contributed by atoms with E-state index in [-0.39, 0.29) is 22.7 Å². The molecule has 1 aromatic heterocycles. The van der Waals surface area contributed by atoms with Gasteiger partial charge in [-0.25, -0.2) is 18.2 Å². The molecule has 0 bridgehead atoms. The first-order valence-corrected chi connectivity index (χ1v) is 13.3. The normalized spacial score (nSPS) is 16.7. The molecule has 194 valence electrons. The van der Waals surface area contributed by atoms with Crippen molar-refractivity contribution in [2.75, 3.05) is 7.11 Å². The Hall–Kier alpha value is -3.70. The molecule has 0 radical (unpaired) electrons. The average Bonchev–Trinajstić information content (AvgIpc) is 3.28. The molecule has 5 rings (SSSR count). The zero-order valence-corrected chi connectivity index (χ0v) is 22.1. The summed E-state index contributed by atoms with van der Waals surface area (Å²) in [6, 6.07) is 16.2. The molecule has 4 aromatic rings. The lowest BCUT2D eigenvalue weighted by atomic mass is 9.71. The Kier molecular flexibility index (Phi) is 6.97. The van der Waals surface area contributed by atoms with Crippen LogP contribution in [0.4, 0.5) is 13.2 Å². The van der Waals surface area contributed by atoms with Gasteiger partial charge in [0, 0.05) is 22.4 Å². The minimum Gasteiger partial charge on any atom is -0.496 e. The van der Waals surface area contributed by atoms with Crippen LogP contribution in [0.25, 0.3) is 5.69 Å². The van der Waals surface area contributed by atoms with E-state index in [2.05, 4.69) is 19.1 Å². The number of hydrogen-bond acceptors (Lipinski definition) is 4. The predicted octanol–water partition coefficient (Wildman–Crippen LogP) is 7.41. The first kappa shape index (κ1) is 25.9. The van der Waals surface area contributed by atoms with E-state index < -0.39 is 17.0 Å². The minimum atomic E-state index is -0.766. The number of hydrogen-bond donors (Lipinski definition) is 0. The van der Waals surface area contributed by atoms with Gasteiger partial charge >= 0.3 is 0 Å². The van der Waals surface area contributed by atoms with Gasteiger partial charge in [0.05, 0.1) is 30.1 Å². The molecule has 0 saturated heterocycles. The molecule has 0 fully saturated rings. The fourth-order valence-electron chi connectivity index (χ4n) is 5.28. The molecule has 1 heterocycles. The number of thioether (sulfide) groups is 1. The lowest BCUT2D eigenvalue weighted by molar-refractivity contribution is 0.409. The molecular formula is C30H26F3N3OS. The van der Waals surface area contributed by atoms with Crippen LogP contribution in [0.2, 0.25) is 0 Å². The van der Waals surface area contributed by atoms with Crippen LogP contribution in [-0.2, 0) is 17.6 Å². The molecule has 1 atom stereocenters. The van der Waals surface area contributed by atoms with Gasteiger partial charge in [0.25, 0.3) is 0 Å². The number of methoxy groups -OCH3 is 1. The van der Waals surface area contributed by atoms with Crippen LogP contribution in [0.15, 0.2) is 59.8 Å². The van der Waals surface area contributed by atoms with E-state index in [4.69, 9.17) is 15.0 Å². The summed E-state index contributed by atoms with van der Waals surface area (Å²) in [5, 5.41) is 9.59. The van der Waals surface area contributed by atoms with E-state index in [1.54, 1.807) is 25.3 Å². The quantitative estimate of drug-likeness (QED) is 0.242. The van der Waals surface area contributed by atoms with Gasteiger partial charge in [-0.3, -0.25) is 4.57 Å². The number of nitrogens with zero attached hydrogens (tertiary/aromatic N) is 3. The topological polar surface area (TPSA) is 50.8 Å². The summed E-state index contributed by atoms with van der Waals surface area (Å²) in [6.45, 7) is 4.19. The molecule has 1 aliphatic rings. The third kappa shape index (κ3) is 4.56. The first-order chi connectivity index (χ1) is 18.2. The van der Waals surface area contributed by atoms with Crippen molar-refractivity contribution in [1.82, 2.24) is 9.55 Å². The molecule has 1 aliphatic carbocycles. The highest BCUT2D eigenvalue weighted by atomic mass is 32.2. The molecule has 0 saturated carbocycles. The van der Waals surface area contributed by atoms with Crippen LogP contribution < -0.4 is 4.74 Å². The van der Waals surface area contributed by atoms with Crippen molar-refractivity contribution >= 4 is 11.8 Å².